The molecule has 0 saturated heterocycles. The van der Waals surface area contributed by atoms with Crippen LogP contribution in [0.5, 0.6) is 5.75 Å². The number of thiocarbonyl (C=S) groups is 1. The van der Waals surface area contributed by atoms with Crippen molar-refractivity contribution in [2.75, 3.05) is 7.11 Å². The second-order valence-electron chi connectivity index (χ2n) is 4.80. The van der Waals surface area contributed by atoms with Crippen molar-refractivity contribution in [2.45, 2.75) is 20.4 Å². The van der Waals surface area contributed by atoms with Crippen LogP contribution in [0, 0.1) is 13.8 Å². The van der Waals surface area contributed by atoms with E-state index in [4.69, 9.17) is 22.7 Å². The molecule has 2 rings (SSSR count). The van der Waals surface area contributed by atoms with Crippen molar-refractivity contribution in [2.24, 2.45) is 5.73 Å². The Morgan fingerprint density at radius 2 is 2.10 bits per heavy atom. The molecule has 0 spiro atoms. The van der Waals surface area contributed by atoms with Crippen LogP contribution < -0.4 is 16.2 Å². The Balaban J connectivity index is 2.50. The van der Waals surface area contributed by atoms with Gasteiger partial charge in [0.1, 0.15) is 10.7 Å². The van der Waals surface area contributed by atoms with Crippen LogP contribution in [0.3, 0.4) is 0 Å². The largest absolute Gasteiger partial charge is 0.496 e. The number of aromatic nitrogens is 2. The molecule has 0 amide bonds. The van der Waals surface area contributed by atoms with Crippen molar-refractivity contribution in [1.29, 1.82) is 0 Å². The van der Waals surface area contributed by atoms with Gasteiger partial charge in [-0.15, -0.1) is 0 Å². The third-order valence-electron chi connectivity index (χ3n) is 3.24. The summed E-state index contributed by atoms with van der Waals surface area (Å²) in [5, 5.41) is 0. The van der Waals surface area contributed by atoms with Crippen LogP contribution in [-0.4, -0.2) is 21.6 Å². The van der Waals surface area contributed by atoms with Crippen molar-refractivity contribution in [3.05, 3.63) is 57.3 Å². The third kappa shape index (κ3) is 3.28. The van der Waals surface area contributed by atoms with Gasteiger partial charge in [0.15, 0.2) is 0 Å². The molecular formula is C15H17N3O2S. The third-order valence-corrected chi connectivity index (χ3v) is 3.48. The van der Waals surface area contributed by atoms with Gasteiger partial charge in [-0.05, 0) is 38.1 Å². The Kier molecular flexibility index (Phi) is 4.37. The molecule has 1 aromatic heterocycles. The SMILES string of the molecule is COc1ccc(C(N)=S)cc1Cn1c(C)cc(C)nc1=O. The monoisotopic (exact) mass is 303 g/mol. The molecule has 0 bridgehead atoms. The molecule has 0 radical (unpaired) electrons. The minimum atomic E-state index is -0.282. The summed E-state index contributed by atoms with van der Waals surface area (Å²) in [6, 6.07) is 7.30. The highest BCUT2D eigenvalue weighted by atomic mass is 32.1. The standard InChI is InChI=1S/C15H17N3O2S/c1-9-6-10(2)18(15(19)17-9)8-12-7-11(14(16)21)4-5-13(12)20-3/h4-7H,8H2,1-3H3,(H2,16,21). The summed E-state index contributed by atoms with van der Waals surface area (Å²) < 4.78 is 6.93. The summed E-state index contributed by atoms with van der Waals surface area (Å²) in [5.41, 5.74) is 8.50. The molecule has 2 N–H and O–H groups in total. The highest BCUT2D eigenvalue weighted by molar-refractivity contribution is 7.80. The van der Waals surface area contributed by atoms with E-state index in [1.165, 1.54) is 0 Å². The molecule has 0 saturated carbocycles. The Morgan fingerprint density at radius 3 is 2.67 bits per heavy atom. The Hall–Kier alpha value is -2.21. The van der Waals surface area contributed by atoms with Gasteiger partial charge in [-0.3, -0.25) is 4.57 Å². The minimum absolute atomic E-state index is 0.282. The van der Waals surface area contributed by atoms with Crippen LogP contribution >= 0.6 is 12.2 Å². The smallest absolute Gasteiger partial charge is 0.348 e. The van der Waals surface area contributed by atoms with Gasteiger partial charge in [-0.25, -0.2) is 4.79 Å². The van der Waals surface area contributed by atoms with Crippen LogP contribution in [0.2, 0.25) is 0 Å². The quantitative estimate of drug-likeness (QED) is 0.868. The number of hydrogen-bond donors (Lipinski definition) is 1. The summed E-state index contributed by atoms with van der Waals surface area (Å²) in [6.45, 7) is 4.03. The van der Waals surface area contributed by atoms with Crippen molar-refractivity contribution in [3.8, 4) is 5.75 Å². The maximum atomic E-state index is 12.0. The van der Waals surface area contributed by atoms with E-state index in [0.717, 1.165) is 16.8 Å². The molecular weight excluding hydrogens is 286 g/mol. The zero-order valence-corrected chi connectivity index (χ0v) is 13.0. The number of rotatable bonds is 4. The molecule has 1 aromatic carbocycles. The molecule has 0 aliphatic heterocycles. The average Bonchev–Trinajstić information content (AvgIpc) is 2.42. The number of aryl methyl sites for hydroxylation is 2. The van der Waals surface area contributed by atoms with E-state index in [9.17, 15) is 4.79 Å². The number of ether oxygens (including phenoxy) is 1. The molecule has 0 atom stereocenters. The van der Waals surface area contributed by atoms with Gasteiger partial charge in [-0.2, -0.15) is 4.98 Å². The van der Waals surface area contributed by atoms with Crippen molar-refractivity contribution >= 4 is 17.2 Å². The second kappa shape index (κ2) is 6.05. The normalized spacial score (nSPS) is 10.4. The number of methoxy groups -OCH3 is 1. The molecule has 110 valence electrons. The Morgan fingerprint density at radius 1 is 1.38 bits per heavy atom. The maximum Gasteiger partial charge on any atom is 0.348 e. The fraction of sp³-hybridized carbons (Fsp3) is 0.267. The lowest BCUT2D eigenvalue weighted by molar-refractivity contribution is 0.407. The first kappa shape index (κ1) is 15.2. The molecule has 0 aliphatic rings. The van der Waals surface area contributed by atoms with E-state index in [1.54, 1.807) is 30.7 Å². The van der Waals surface area contributed by atoms with E-state index in [0.29, 0.717) is 23.0 Å². The molecule has 6 heteroatoms. The molecule has 0 fully saturated rings. The Labute approximate surface area is 128 Å². The molecule has 2 aromatic rings. The zero-order chi connectivity index (χ0) is 15.6. The molecule has 0 aliphatic carbocycles. The summed E-state index contributed by atoms with van der Waals surface area (Å²) in [6.07, 6.45) is 0. The predicted molar refractivity (Wildman–Crippen MR) is 86.0 cm³/mol. The lowest BCUT2D eigenvalue weighted by atomic mass is 10.1. The first-order valence-electron chi connectivity index (χ1n) is 6.44. The van der Waals surface area contributed by atoms with Gasteiger partial charge in [0.05, 0.1) is 13.7 Å². The topological polar surface area (TPSA) is 70.1 Å². The fourth-order valence-corrected chi connectivity index (χ4v) is 2.32. The van der Waals surface area contributed by atoms with Crippen LogP contribution in [-0.2, 0) is 6.54 Å². The van der Waals surface area contributed by atoms with E-state index in [1.807, 2.05) is 19.1 Å². The average molecular weight is 303 g/mol. The van der Waals surface area contributed by atoms with E-state index in [-0.39, 0.29) is 5.69 Å². The van der Waals surface area contributed by atoms with E-state index < -0.39 is 0 Å². The minimum Gasteiger partial charge on any atom is -0.496 e. The van der Waals surface area contributed by atoms with Crippen molar-refractivity contribution in [1.82, 2.24) is 9.55 Å². The van der Waals surface area contributed by atoms with Crippen molar-refractivity contribution < 1.29 is 4.74 Å². The van der Waals surface area contributed by atoms with Gasteiger partial charge in [0.25, 0.3) is 0 Å². The van der Waals surface area contributed by atoms with Gasteiger partial charge in [0.2, 0.25) is 0 Å². The van der Waals surface area contributed by atoms with Crippen LogP contribution in [0.25, 0.3) is 0 Å². The van der Waals surface area contributed by atoms with Gasteiger partial charge < -0.3 is 10.5 Å². The summed E-state index contributed by atoms with van der Waals surface area (Å²) in [5.74, 6) is 0.682. The number of nitrogens with zero attached hydrogens (tertiary/aromatic N) is 2. The molecule has 21 heavy (non-hydrogen) atoms. The summed E-state index contributed by atoms with van der Waals surface area (Å²) in [7, 11) is 1.59. The van der Waals surface area contributed by atoms with E-state index >= 15 is 0 Å². The number of nitrogens with two attached hydrogens (primary N) is 1. The van der Waals surface area contributed by atoms with Gasteiger partial charge in [0, 0.05) is 22.5 Å². The van der Waals surface area contributed by atoms with Crippen LogP contribution in [0.1, 0.15) is 22.5 Å². The highest BCUT2D eigenvalue weighted by Crippen LogP contribution is 2.21. The Bertz CT molecular complexity index is 753. The first-order chi connectivity index (χ1) is 9.92. The summed E-state index contributed by atoms with van der Waals surface area (Å²) in [4.78, 5) is 16.3. The van der Waals surface area contributed by atoms with Crippen LogP contribution in [0.15, 0.2) is 29.1 Å². The first-order valence-corrected chi connectivity index (χ1v) is 6.85. The molecule has 5 nitrogen and oxygen atoms in total. The maximum absolute atomic E-state index is 12.0. The lowest BCUT2D eigenvalue weighted by Gasteiger charge is -2.14. The number of benzene rings is 1. The van der Waals surface area contributed by atoms with Gasteiger partial charge >= 0.3 is 5.69 Å². The molecule has 0 unspecified atom stereocenters. The van der Waals surface area contributed by atoms with Crippen molar-refractivity contribution in [3.63, 3.8) is 0 Å². The lowest BCUT2D eigenvalue weighted by Crippen LogP contribution is -2.26. The molecule has 1 heterocycles. The number of hydrogen-bond acceptors (Lipinski definition) is 4. The fourth-order valence-electron chi connectivity index (χ4n) is 2.19. The second-order valence-corrected chi connectivity index (χ2v) is 5.24. The predicted octanol–water partition coefficient (Wildman–Crippen LogP) is 1.55. The zero-order valence-electron chi connectivity index (χ0n) is 12.2. The van der Waals surface area contributed by atoms with Gasteiger partial charge in [-0.1, -0.05) is 12.2 Å². The van der Waals surface area contributed by atoms with E-state index in [2.05, 4.69) is 4.98 Å². The van der Waals surface area contributed by atoms with Crippen LogP contribution in [0.4, 0.5) is 0 Å². The summed E-state index contributed by atoms with van der Waals surface area (Å²) >= 11 is 4.99. The highest BCUT2D eigenvalue weighted by Gasteiger charge is 2.10.